The molecule has 0 saturated carbocycles. The first kappa shape index (κ1) is 17.5. The van der Waals surface area contributed by atoms with Gasteiger partial charge < -0.3 is 17.0 Å². The molecule has 0 atom stereocenters. The summed E-state index contributed by atoms with van der Waals surface area (Å²) in [6.07, 6.45) is 11.2. The second-order valence-corrected chi connectivity index (χ2v) is 5.27. The molecule has 0 fully saturated rings. The van der Waals surface area contributed by atoms with Crippen LogP contribution in [0.25, 0.3) is 0 Å². The Balaban J connectivity index is 0.00000256. The van der Waals surface area contributed by atoms with Gasteiger partial charge in [0.15, 0.2) is 0 Å². The van der Waals surface area contributed by atoms with Crippen LogP contribution in [0.5, 0.6) is 0 Å². The zero-order valence-electron chi connectivity index (χ0n) is 10.8. The van der Waals surface area contributed by atoms with Crippen LogP contribution in [-0.4, -0.2) is 21.7 Å². The molecule has 17 heavy (non-hydrogen) atoms. The average Bonchev–Trinajstić information content (AvgIpc) is 2.34. The minimum absolute atomic E-state index is 0. The van der Waals surface area contributed by atoms with Gasteiger partial charge in [-0.3, -0.25) is 0 Å². The topological polar surface area (TPSA) is 0 Å². The summed E-state index contributed by atoms with van der Waals surface area (Å²) in [6, 6.07) is 10.9. The Hall–Kier alpha value is 0.466. The van der Waals surface area contributed by atoms with Crippen LogP contribution in [-0.2, 0) is 6.42 Å². The van der Waals surface area contributed by atoms with Crippen molar-refractivity contribution in [2.75, 3.05) is 0 Å². The van der Waals surface area contributed by atoms with Crippen molar-refractivity contribution < 1.29 is 17.0 Å². The van der Waals surface area contributed by atoms with Crippen molar-refractivity contribution in [3.05, 3.63) is 35.9 Å². The maximum atomic E-state index is 2.24. The van der Waals surface area contributed by atoms with E-state index in [-0.39, 0.29) is 17.0 Å². The molecule has 0 radical (unpaired) electrons. The molecule has 2 heteroatoms. The number of aryl methyl sites for hydroxylation is 1. The van der Waals surface area contributed by atoms with E-state index in [1.165, 1.54) is 61.5 Å². The second kappa shape index (κ2) is 12.9. The Bertz CT molecular complexity index is 248. The molecule has 0 unspecified atom stereocenters. The van der Waals surface area contributed by atoms with E-state index in [1.807, 2.05) is 0 Å². The Morgan fingerprint density at radius 1 is 0.706 bits per heavy atom. The van der Waals surface area contributed by atoms with Crippen LogP contribution in [0.1, 0.15) is 50.5 Å². The molecule has 0 bridgehead atoms. The molecule has 0 heterocycles. The second-order valence-electron chi connectivity index (χ2n) is 4.56. The van der Waals surface area contributed by atoms with Gasteiger partial charge in [-0.1, -0.05) is 6.07 Å². The monoisotopic (exact) mass is 306 g/mol. The fraction of sp³-hybridized carbons (Fsp3) is 0.600. The number of hydrogen-bond donors (Lipinski definition) is 0. The summed E-state index contributed by atoms with van der Waals surface area (Å²) >= 11 is 2.10. The van der Waals surface area contributed by atoms with E-state index in [1.54, 1.807) is 0 Å². The van der Waals surface area contributed by atoms with Crippen LogP contribution in [0.3, 0.4) is 0 Å². The van der Waals surface area contributed by atoms with E-state index < -0.39 is 0 Å². The van der Waals surface area contributed by atoms with Gasteiger partial charge in [0, 0.05) is 0 Å². The van der Waals surface area contributed by atoms with Crippen molar-refractivity contribution in [3.63, 3.8) is 0 Å². The average molecular weight is 308 g/mol. The first-order valence-electron chi connectivity index (χ1n) is 6.76. The molecule has 0 N–H and O–H groups in total. The van der Waals surface area contributed by atoms with Crippen molar-refractivity contribution in [1.82, 2.24) is 0 Å². The van der Waals surface area contributed by atoms with Crippen LogP contribution in [0.15, 0.2) is 30.3 Å². The molecule has 0 amide bonds. The standard InChI is InChI=1S/C15H23.BrH.Mg/c1-2-3-4-5-6-7-9-12-15-13-10-8-11-14-15;;/h8,10-11,13-14H,1-7,9,12H2;1H;/q;;+1/p-1. The molecule has 0 aromatic heterocycles. The van der Waals surface area contributed by atoms with Crippen molar-refractivity contribution in [2.24, 2.45) is 0 Å². The third-order valence-corrected chi connectivity index (χ3v) is 3.56. The first-order valence-corrected chi connectivity index (χ1v) is 7.76. The van der Waals surface area contributed by atoms with Crippen molar-refractivity contribution >= 4 is 21.7 Å². The quantitative estimate of drug-likeness (QED) is 0.480. The third-order valence-electron chi connectivity index (χ3n) is 3.06. The van der Waals surface area contributed by atoms with E-state index in [9.17, 15) is 0 Å². The molecule has 0 spiro atoms. The Labute approximate surface area is 130 Å². The molecule has 0 aliphatic rings. The summed E-state index contributed by atoms with van der Waals surface area (Å²) in [6.45, 7) is 0. The number of unbranched alkanes of at least 4 members (excludes halogenated alkanes) is 6. The number of hydrogen-bond acceptors (Lipinski definition) is 0. The van der Waals surface area contributed by atoms with Gasteiger partial charge in [0.05, 0.1) is 0 Å². The van der Waals surface area contributed by atoms with Gasteiger partial charge in [-0.05, 0) is 0 Å². The summed E-state index contributed by atoms with van der Waals surface area (Å²) < 4.78 is 1.38. The first-order chi connectivity index (χ1) is 7.93. The Kier molecular flexibility index (Phi) is 13.3. The van der Waals surface area contributed by atoms with Crippen molar-refractivity contribution in [2.45, 2.75) is 55.9 Å². The molecule has 0 saturated heterocycles. The molecule has 0 nitrogen and oxygen atoms in total. The molecule has 1 rings (SSSR count). The fourth-order valence-electron chi connectivity index (χ4n) is 2.03. The van der Waals surface area contributed by atoms with Crippen LogP contribution < -0.4 is 17.0 Å². The summed E-state index contributed by atoms with van der Waals surface area (Å²) in [5, 5.41) is 0. The number of halogens is 1. The Morgan fingerprint density at radius 3 is 1.82 bits per heavy atom. The molecular formula is C15H23BrMg. The van der Waals surface area contributed by atoms with Crippen molar-refractivity contribution in [1.29, 1.82) is 0 Å². The van der Waals surface area contributed by atoms with E-state index >= 15 is 0 Å². The zero-order valence-corrected chi connectivity index (χ0v) is 13.8. The normalized spacial score (nSPS) is 10.0. The SMILES string of the molecule is [Br-].[Mg+][CH2]CCCCCCCCc1ccccc1. The van der Waals surface area contributed by atoms with Gasteiger partial charge in [-0.2, -0.15) is 0 Å². The van der Waals surface area contributed by atoms with E-state index in [4.69, 9.17) is 0 Å². The zero-order chi connectivity index (χ0) is 11.5. The third kappa shape index (κ3) is 10.1. The van der Waals surface area contributed by atoms with Crippen LogP contribution in [0, 0.1) is 0 Å². The van der Waals surface area contributed by atoms with Crippen molar-refractivity contribution in [3.8, 4) is 0 Å². The van der Waals surface area contributed by atoms with Gasteiger partial charge in [0.25, 0.3) is 0 Å². The number of rotatable bonds is 9. The minimum atomic E-state index is 0. The molecule has 92 valence electrons. The Morgan fingerprint density at radius 2 is 1.24 bits per heavy atom. The van der Waals surface area contributed by atoms with E-state index in [2.05, 4.69) is 52.0 Å². The van der Waals surface area contributed by atoms with Crippen LogP contribution >= 0.6 is 0 Å². The predicted molar refractivity (Wildman–Crippen MR) is 73.0 cm³/mol. The molecular weight excluding hydrogens is 284 g/mol. The fourth-order valence-corrected chi connectivity index (χ4v) is 2.39. The molecule has 1 aromatic rings. The molecule has 0 aliphatic carbocycles. The summed E-state index contributed by atoms with van der Waals surface area (Å²) in [7, 11) is 0. The van der Waals surface area contributed by atoms with Crippen LogP contribution in [0.4, 0.5) is 0 Å². The summed E-state index contributed by atoms with van der Waals surface area (Å²) in [4.78, 5) is 0. The number of benzene rings is 1. The van der Waals surface area contributed by atoms with Gasteiger partial charge in [0.2, 0.25) is 0 Å². The summed E-state index contributed by atoms with van der Waals surface area (Å²) in [5.74, 6) is 0. The summed E-state index contributed by atoms with van der Waals surface area (Å²) in [5.41, 5.74) is 1.49. The maximum absolute atomic E-state index is 2.24. The van der Waals surface area contributed by atoms with Crippen LogP contribution in [0.2, 0.25) is 4.55 Å². The predicted octanol–water partition coefficient (Wildman–Crippen LogP) is 1.55. The van der Waals surface area contributed by atoms with Gasteiger partial charge >= 0.3 is 107 Å². The molecule has 0 aliphatic heterocycles. The molecule has 1 aromatic carbocycles. The van der Waals surface area contributed by atoms with E-state index in [0.29, 0.717) is 0 Å². The van der Waals surface area contributed by atoms with Gasteiger partial charge in [-0.15, -0.1) is 0 Å². The van der Waals surface area contributed by atoms with E-state index in [0.717, 1.165) is 0 Å². The van der Waals surface area contributed by atoms with Gasteiger partial charge in [-0.25, -0.2) is 0 Å². The van der Waals surface area contributed by atoms with Gasteiger partial charge in [0.1, 0.15) is 0 Å².